The Morgan fingerprint density at radius 1 is 1.53 bits per heavy atom. The number of hydrogen-bond donors (Lipinski definition) is 1. The number of nitrogens with zero attached hydrogens (tertiary/aromatic N) is 1. The lowest BCUT2D eigenvalue weighted by molar-refractivity contribution is -0.385. The van der Waals surface area contributed by atoms with Crippen molar-refractivity contribution in [1.82, 2.24) is 5.32 Å². The van der Waals surface area contributed by atoms with Crippen LogP contribution in [0.2, 0.25) is 0 Å². The zero-order chi connectivity index (χ0) is 14.3. The summed E-state index contributed by atoms with van der Waals surface area (Å²) in [5, 5.41) is 14.1. The standard InChI is InChI=1S/C14H20N2O3/c1-4-15-10-12-5-6-13(16(17)18)14(9-12)19-8-7-11(2)3/h5-6,9,15H,2,4,7-8,10H2,1,3H3. The van der Waals surface area contributed by atoms with E-state index in [-0.39, 0.29) is 5.69 Å². The second-order valence-electron chi connectivity index (χ2n) is 4.40. The average molecular weight is 264 g/mol. The molecule has 0 aromatic heterocycles. The highest BCUT2D eigenvalue weighted by molar-refractivity contribution is 5.48. The summed E-state index contributed by atoms with van der Waals surface area (Å²) in [6.07, 6.45) is 0.689. The fourth-order valence-electron chi connectivity index (χ4n) is 1.54. The van der Waals surface area contributed by atoms with Crippen LogP contribution in [0.4, 0.5) is 5.69 Å². The molecular formula is C14H20N2O3. The van der Waals surface area contributed by atoms with Crippen molar-refractivity contribution in [2.45, 2.75) is 26.8 Å². The van der Waals surface area contributed by atoms with Gasteiger partial charge in [0.2, 0.25) is 0 Å². The van der Waals surface area contributed by atoms with Crippen LogP contribution >= 0.6 is 0 Å². The summed E-state index contributed by atoms with van der Waals surface area (Å²) in [5.41, 5.74) is 1.96. The van der Waals surface area contributed by atoms with E-state index in [2.05, 4.69) is 11.9 Å². The summed E-state index contributed by atoms with van der Waals surface area (Å²) in [6, 6.07) is 4.95. The van der Waals surface area contributed by atoms with Gasteiger partial charge in [-0.3, -0.25) is 10.1 Å². The van der Waals surface area contributed by atoms with Crippen molar-refractivity contribution in [3.63, 3.8) is 0 Å². The fraction of sp³-hybridized carbons (Fsp3) is 0.429. The maximum Gasteiger partial charge on any atom is 0.310 e. The Morgan fingerprint density at radius 3 is 2.84 bits per heavy atom. The number of nitrogens with one attached hydrogen (secondary N) is 1. The molecule has 0 heterocycles. The third-order valence-electron chi connectivity index (χ3n) is 2.59. The summed E-state index contributed by atoms with van der Waals surface area (Å²) >= 11 is 0. The third-order valence-corrected chi connectivity index (χ3v) is 2.59. The highest BCUT2D eigenvalue weighted by atomic mass is 16.6. The van der Waals surface area contributed by atoms with Gasteiger partial charge in [-0.15, -0.1) is 6.58 Å². The van der Waals surface area contributed by atoms with Gasteiger partial charge in [0.1, 0.15) is 0 Å². The first-order valence-electron chi connectivity index (χ1n) is 6.29. The first kappa shape index (κ1) is 15.2. The van der Waals surface area contributed by atoms with Gasteiger partial charge in [-0.25, -0.2) is 0 Å². The third kappa shape index (κ3) is 5.09. The van der Waals surface area contributed by atoms with Crippen molar-refractivity contribution in [3.8, 4) is 5.75 Å². The molecule has 0 aliphatic carbocycles. The molecule has 1 aromatic rings. The maximum atomic E-state index is 10.9. The molecular weight excluding hydrogens is 244 g/mol. The molecule has 0 spiro atoms. The van der Waals surface area contributed by atoms with Crippen LogP contribution in [0.25, 0.3) is 0 Å². The lowest BCUT2D eigenvalue weighted by Crippen LogP contribution is -2.12. The van der Waals surface area contributed by atoms with Gasteiger partial charge in [0, 0.05) is 19.0 Å². The van der Waals surface area contributed by atoms with E-state index in [1.54, 1.807) is 12.1 Å². The molecule has 104 valence electrons. The summed E-state index contributed by atoms with van der Waals surface area (Å²) < 4.78 is 5.50. The van der Waals surface area contributed by atoms with E-state index in [1.807, 2.05) is 13.8 Å². The number of nitro benzene ring substituents is 1. The van der Waals surface area contributed by atoms with Gasteiger partial charge in [-0.1, -0.05) is 18.6 Å². The van der Waals surface area contributed by atoms with Crippen molar-refractivity contribution in [2.24, 2.45) is 0 Å². The lowest BCUT2D eigenvalue weighted by atomic mass is 10.2. The molecule has 0 atom stereocenters. The van der Waals surface area contributed by atoms with Crippen LogP contribution < -0.4 is 10.1 Å². The minimum absolute atomic E-state index is 0.00182. The Labute approximate surface area is 113 Å². The molecule has 5 heteroatoms. The van der Waals surface area contributed by atoms with Crippen LogP contribution in [-0.4, -0.2) is 18.1 Å². The maximum absolute atomic E-state index is 10.9. The number of ether oxygens (including phenoxy) is 1. The zero-order valence-corrected chi connectivity index (χ0v) is 11.4. The van der Waals surface area contributed by atoms with E-state index in [0.717, 1.165) is 17.7 Å². The van der Waals surface area contributed by atoms with Gasteiger partial charge in [-0.05, 0) is 25.1 Å². The minimum atomic E-state index is -0.423. The first-order valence-corrected chi connectivity index (χ1v) is 6.29. The van der Waals surface area contributed by atoms with Crippen molar-refractivity contribution >= 4 is 5.69 Å². The topological polar surface area (TPSA) is 64.4 Å². The molecule has 0 unspecified atom stereocenters. The molecule has 1 rings (SSSR count). The van der Waals surface area contributed by atoms with E-state index in [1.165, 1.54) is 6.07 Å². The smallest absolute Gasteiger partial charge is 0.310 e. The van der Waals surface area contributed by atoms with E-state index < -0.39 is 4.92 Å². The normalized spacial score (nSPS) is 10.2. The van der Waals surface area contributed by atoms with E-state index in [9.17, 15) is 10.1 Å². The van der Waals surface area contributed by atoms with E-state index in [4.69, 9.17) is 4.74 Å². The SMILES string of the molecule is C=C(C)CCOc1cc(CNCC)ccc1[N+](=O)[O-]. The highest BCUT2D eigenvalue weighted by Gasteiger charge is 2.15. The minimum Gasteiger partial charge on any atom is -0.486 e. The van der Waals surface area contributed by atoms with Gasteiger partial charge in [0.15, 0.2) is 5.75 Å². The van der Waals surface area contributed by atoms with Crippen molar-refractivity contribution in [2.75, 3.05) is 13.2 Å². The van der Waals surface area contributed by atoms with Crippen molar-refractivity contribution in [3.05, 3.63) is 46.0 Å². The zero-order valence-electron chi connectivity index (χ0n) is 11.4. The number of benzene rings is 1. The molecule has 0 aliphatic rings. The Bertz CT molecular complexity index is 458. The Balaban J connectivity index is 2.82. The predicted molar refractivity (Wildman–Crippen MR) is 75.4 cm³/mol. The molecule has 1 N–H and O–H groups in total. The predicted octanol–water partition coefficient (Wildman–Crippen LogP) is 3.05. The van der Waals surface area contributed by atoms with Crippen molar-refractivity contribution < 1.29 is 9.66 Å². The molecule has 0 saturated heterocycles. The highest BCUT2D eigenvalue weighted by Crippen LogP contribution is 2.28. The second kappa shape index (κ2) is 7.53. The molecule has 0 fully saturated rings. The molecule has 1 aromatic carbocycles. The molecule has 0 radical (unpaired) electrons. The largest absolute Gasteiger partial charge is 0.486 e. The van der Waals surface area contributed by atoms with E-state index in [0.29, 0.717) is 25.3 Å². The van der Waals surface area contributed by atoms with Gasteiger partial charge in [-0.2, -0.15) is 0 Å². The van der Waals surface area contributed by atoms with Gasteiger partial charge < -0.3 is 10.1 Å². The van der Waals surface area contributed by atoms with Crippen LogP contribution in [0, 0.1) is 10.1 Å². The summed E-state index contributed by atoms with van der Waals surface area (Å²) in [6.45, 7) is 9.62. The van der Waals surface area contributed by atoms with Crippen LogP contribution in [0.15, 0.2) is 30.4 Å². The van der Waals surface area contributed by atoms with Crippen LogP contribution in [-0.2, 0) is 6.54 Å². The molecule has 0 bridgehead atoms. The Hall–Kier alpha value is -1.88. The molecule has 0 amide bonds. The van der Waals surface area contributed by atoms with Crippen molar-refractivity contribution in [1.29, 1.82) is 0 Å². The second-order valence-corrected chi connectivity index (χ2v) is 4.40. The summed E-state index contributed by atoms with van der Waals surface area (Å²) in [7, 11) is 0. The van der Waals surface area contributed by atoms with E-state index >= 15 is 0 Å². The van der Waals surface area contributed by atoms with Gasteiger partial charge >= 0.3 is 5.69 Å². The molecule has 5 nitrogen and oxygen atoms in total. The molecule has 0 saturated carbocycles. The summed E-state index contributed by atoms with van der Waals surface area (Å²) in [4.78, 5) is 10.5. The number of rotatable bonds is 8. The Kier molecular flexibility index (Phi) is 6.02. The number of hydrogen-bond acceptors (Lipinski definition) is 4. The summed E-state index contributed by atoms with van der Waals surface area (Å²) in [5.74, 6) is 0.321. The fourth-order valence-corrected chi connectivity index (χ4v) is 1.54. The monoisotopic (exact) mass is 264 g/mol. The lowest BCUT2D eigenvalue weighted by Gasteiger charge is -2.09. The van der Waals surface area contributed by atoms with Crippen LogP contribution in [0.3, 0.4) is 0 Å². The van der Waals surface area contributed by atoms with Gasteiger partial charge in [0.25, 0.3) is 0 Å². The first-order chi connectivity index (χ1) is 9.04. The van der Waals surface area contributed by atoms with Crippen LogP contribution in [0.5, 0.6) is 5.75 Å². The number of nitro groups is 1. The molecule has 0 aliphatic heterocycles. The Morgan fingerprint density at radius 2 is 2.26 bits per heavy atom. The molecule has 19 heavy (non-hydrogen) atoms. The van der Waals surface area contributed by atoms with Gasteiger partial charge in [0.05, 0.1) is 11.5 Å². The quantitative estimate of drug-likeness (QED) is 0.445. The van der Waals surface area contributed by atoms with Crippen LogP contribution in [0.1, 0.15) is 25.8 Å². The average Bonchev–Trinajstić information content (AvgIpc) is 2.35.